The fraction of sp³-hybridized carbons (Fsp3) is 0.556. The molecule has 1 aromatic rings. The zero-order valence-electron chi connectivity index (χ0n) is 11.7. The zero-order chi connectivity index (χ0) is 17.3. The maximum atomic E-state index is 13.1. The largest absolute Gasteiger partial charge is 0.384 e. The molecule has 1 rings (SSSR count). The topological polar surface area (TPSA) is 129 Å². The van der Waals surface area contributed by atoms with Gasteiger partial charge in [-0.05, 0) is 20.8 Å². The molecule has 8 nitrogen and oxygen atoms in total. The van der Waals surface area contributed by atoms with Crippen molar-refractivity contribution in [3.05, 3.63) is 11.2 Å². The molecule has 0 unspecified atom stereocenters. The minimum atomic E-state index is -4.78. The number of oxime groups is 1. The molecule has 0 bridgehead atoms. The summed E-state index contributed by atoms with van der Waals surface area (Å²) in [5.41, 5.74) is 5.29. The van der Waals surface area contributed by atoms with Crippen LogP contribution < -0.4 is 5.73 Å². The highest BCUT2D eigenvalue weighted by atomic mass is 32.3. The van der Waals surface area contributed by atoms with Gasteiger partial charge in [-0.15, -0.1) is 0 Å². The van der Waals surface area contributed by atoms with Gasteiger partial charge >= 0.3 is 10.1 Å². The van der Waals surface area contributed by atoms with Crippen molar-refractivity contribution in [3.8, 4) is 0 Å². The minimum Gasteiger partial charge on any atom is -0.384 e. The molecule has 13 heteroatoms. The van der Waals surface area contributed by atoms with E-state index in [9.17, 15) is 25.6 Å². The molecule has 0 aromatic carbocycles. The van der Waals surface area contributed by atoms with Gasteiger partial charge in [0, 0.05) is 0 Å². The summed E-state index contributed by atoms with van der Waals surface area (Å²) in [4.78, 5) is 2.65. The maximum Gasteiger partial charge on any atom is 0.372 e. The average molecular weight is 377 g/mol. The van der Waals surface area contributed by atoms with Crippen molar-refractivity contribution < 1.29 is 29.9 Å². The monoisotopic (exact) mass is 377 g/mol. The number of aromatic nitrogens is 1. The molecule has 0 radical (unpaired) electrons. The maximum absolute atomic E-state index is 13.1. The molecular formula is C9H13F2N3O5S3. The van der Waals surface area contributed by atoms with Gasteiger partial charge < -0.3 is 5.73 Å². The molecule has 0 aliphatic carbocycles. The third-order valence-electron chi connectivity index (χ3n) is 2.28. The number of halogens is 2. The third kappa shape index (κ3) is 4.33. The normalized spacial score (nSPS) is 14.1. The molecule has 22 heavy (non-hydrogen) atoms. The van der Waals surface area contributed by atoms with Crippen molar-refractivity contribution in [1.82, 2.24) is 4.98 Å². The Morgan fingerprint density at radius 1 is 1.32 bits per heavy atom. The predicted molar refractivity (Wildman–Crippen MR) is 75.5 cm³/mol. The lowest BCUT2D eigenvalue weighted by Crippen LogP contribution is -2.36. The summed E-state index contributed by atoms with van der Waals surface area (Å²) in [6.07, 6.45) is 0. The average Bonchev–Trinajstić information content (AvgIpc) is 2.65. The first-order chi connectivity index (χ1) is 9.76. The number of hydrogen-bond donors (Lipinski definition) is 1. The lowest BCUT2D eigenvalue weighted by molar-refractivity contribution is 0.336. The molecule has 0 atom stereocenters. The van der Waals surface area contributed by atoms with Gasteiger partial charge in [0.15, 0.2) is 15.7 Å². The Balaban J connectivity index is 2.95. The molecule has 0 spiro atoms. The van der Waals surface area contributed by atoms with Crippen molar-refractivity contribution in [2.24, 2.45) is 10.9 Å². The number of thiazole rings is 1. The van der Waals surface area contributed by atoms with Gasteiger partial charge in [-0.25, -0.2) is 8.42 Å². The Morgan fingerprint density at radius 3 is 2.27 bits per heavy atom. The van der Waals surface area contributed by atoms with Crippen LogP contribution in [-0.4, -0.2) is 38.2 Å². The van der Waals surface area contributed by atoms with Crippen molar-refractivity contribution in [3.63, 3.8) is 0 Å². The number of nitrogens with two attached hydrogens (primary N) is 1. The van der Waals surface area contributed by atoms with Crippen LogP contribution in [0.15, 0.2) is 9.36 Å². The summed E-state index contributed by atoms with van der Waals surface area (Å²) in [7, 11) is -8.49. The highest BCUT2D eigenvalue weighted by Gasteiger charge is 2.31. The van der Waals surface area contributed by atoms with Crippen LogP contribution >= 0.6 is 11.3 Å². The van der Waals surface area contributed by atoms with Crippen LogP contribution in [0.5, 0.6) is 0 Å². The molecule has 0 aliphatic rings. The van der Waals surface area contributed by atoms with E-state index in [1.807, 2.05) is 0 Å². The SMILES string of the molecule is CC(C)(C)S(=O)(=O)CC(N)=NOS(=O)(=O)c1sc(F)nc1F. The highest BCUT2D eigenvalue weighted by Crippen LogP contribution is 2.23. The molecule has 0 aliphatic heterocycles. The lowest BCUT2D eigenvalue weighted by atomic mass is 10.3. The van der Waals surface area contributed by atoms with E-state index in [0.29, 0.717) is 0 Å². The summed E-state index contributed by atoms with van der Waals surface area (Å²) in [6.45, 7) is 4.26. The van der Waals surface area contributed by atoms with E-state index < -0.39 is 51.7 Å². The van der Waals surface area contributed by atoms with Crippen LogP contribution in [0, 0.1) is 11.2 Å². The van der Waals surface area contributed by atoms with Crippen LogP contribution in [0.4, 0.5) is 8.78 Å². The number of amidine groups is 1. The van der Waals surface area contributed by atoms with Gasteiger partial charge in [0.25, 0.3) is 5.26 Å². The summed E-state index contributed by atoms with van der Waals surface area (Å²) >= 11 is -0.104. The Hall–Kier alpha value is -1.34. The van der Waals surface area contributed by atoms with Crippen molar-refractivity contribution in [2.75, 3.05) is 5.75 Å². The van der Waals surface area contributed by atoms with E-state index in [1.54, 1.807) is 0 Å². The quantitative estimate of drug-likeness (QED) is 0.452. The fourth-order valence-electron chi connectivity index (χ4n) is 0.987. The van der Waals surface area contributed by atoms with Gasteiger partial charge in [-0.3, -0.25) is 4.28 Å². The highest BCUT2D eigenvalue weighted by molar-refractivity contribution is 7.93. The summed E-state index contributed by atoms with van der Waals surface area (Å²) in [5, 5.41) is 1.63. The van der Waals surface area contributed by atoms with E-state index in [2.05, 4.69) is 14.4 Å². The Labute approximate surface area is 130 Å². The van der Waals surface area contributed by atoms with E-state index in [0.717, 1.165) is 0 Å². The Kier molecular flexibility index (Phi) is 5.14. The van der Waals surface area contributed by atoms with Crippen LogP contribution in [0.25, 0.3) is 0 Å². The van der Waals surface area contributed by atoms with Gasteiger partial charge in [-0.2, -0.15) is 22.2 Å². The van der Waals surface area contributed by atoms with Gasteiger partial charge in [0.2, 0.25) is 10.2 Å². The minimum absolute atomic E-state index is 0.104. The van der Waals surface area contributed by atoms with E-state index in [1.165, 1.54) is 20.8 Å². The second-order valence-electron chi connectivity index (χ2n) is 5.03. The number of hydrogen-bond acceptors (Lipinski definition) is 8. The molecule has 0 fully saturated rings. The standard InChI is InChI=1S/C9H13F2N3O5S3/c1-9(2,3)21(15,16)4-5(12)14-19-22(17,18)7-6(10)13-8(11)20-7/h4H2,1-3H3,(H2,12,14). The van der Waals surface area contributed by atoms with Gasteiger partial charge in [0.05, 0.1) is 4.75 Å². The molecule has 1 aromatic heterocycles. The number of nitrogens with zero attached hydrogens (tertiary/aromatic N) is 2. The molecule has 0 amide bonds. The van der Waals surface area contributed by atoms with E-state index in [-0.39, 0.29) is 11.3 Å². The first-order valence-corrected chi connectivity index (χ1v) is 9.44. The molecule has 0 saturated carbocycles. The number of sulfone groups is 1. The molecule has 126 valence electrons. The van der Waals surface area contributed by atoms with Gasteiger partial charge in [-0.1, -0.05) is 16.5 Å². The molecule has 0 saturated heterocycles. The van der Waals surface area contributed by atoms with Crippen LogP contribution in [0.1, 0.15) is 20.8 Å². The van der Waals surface area contributed by atoms with E-state index in [4.69, 9.17) is 5.73 Å². The van der Waals surface area contributed by atoms with Gasteiger partial charge in [0.1, 0.15) is 5.75 Å². The predicted octanol–water partition coefficient (Wildman–Crippen LogP) is 0.612. The summed E-state index contributed by atoms with van der Waals surface area (Å²) in [5.74, 6) is -2.99. The summed E-state index contributed by atoms with van der Waals surface area (Å²) < 4.78 is 74.3. The smallest absolute Gasteiger partial charge is 0.372 e. The van der Waals surface area contributed by atoms with E-state index >= 15 is 0 Å². The first-order valence-electron chi connectivity index (χ1n) is 5.56. The molecular weight excluding hydrogens is 364 g/mol. The lowest BCUT2D eigenvalue weighted by Gasteiger charge is -2.18. The van der Waals surface area contributed by atoms with Crippen LogP contribution in [0.3, 0.4) is 0 Å². The molecule has 2 N–H and O–H groups in total. The molecule has 1 heterocycles. The Morgan fingerprint density at radius 2 is 1.86 bits per heavy atom. The summed E-state index contributed by atoms with van der Waals surface area (Å²) in [6, 6.07) is 0. The van der Waals surface area contributed by atoms with Crippen molar-refractivity contribution >= 4 is 37.1 Å². The van der Waals surface area contributed by atoms with Crippen molar-refractivity contribution in [1.29, 1.82) is 0 Å². The second-order valence-corrected chi connectivity index (χ2v) is 10.4. The Bertz CT molecular complexity index is 793. The fourth-order valence-corrected chi connectivity index (χ4v) is 3.49. The van der Waals surface area contributed by atoms with Crippen molar-refractivity contribution in [2.45, 2.75) is 29.7 Å². The second kappa shape index (κ2) is 6.04. The third-order valence-corrected chi connectivity index (χ3v) is 7.19. The van der Waals surface area contributed by atoms with Crippen LogP contribution in [-0.2, 0) is 24.2 Å². The first kappa shape index (κ1) is 18.7. The number of rotatable bonds is 5. The van der Waals surface area contributed by atoms with Crippen LogP contribution in [0.2, 0.25) is 0 Å². The zero-order valence-corrected chi connectivity index (χ0v) is 14.2.